The Morgan fingerprint density at radius 3 is 2.81 bits per heavy atom. The Morgan fingerprint density at radius 1 is 1.29 bits per heavy atom. The van der Waals surface area contributed by atoms with Gasteiger partial charge in [0.1, 0.15) is 0 Å². The largest absolute Gasteiger partial charge is 0.342 e. The number of carbonyl (C=O) groups excluding carboxylic acids is 1. The standard InChI is InChI=1S/C16H25N3O2/c1-12-17-15(18-21-12)7-6-14-8-9-19(11-14)16(20)10-13-4-2-3-5-13/h13-14H,2-11H2,1H3. The zero-order valence-electron chi connectivity index (χ0n) is 12.9. The Balaban J connectivity index is 1.41. The smallest absolute Gasteiger partial charge is 0.223 e. The van der Waals surface area contributed by atoms with Gasteiger partial charge in [0.05, 0.1) is 0 Å². The molecule has 116 valence electrons. The molecule has 1 aliphatic heterocycles. The molecule has 1 aromatic heterocycles. The molecule has 1 unspecified atom stereocenters. The zero-order valence-corrected chi connectivity index (χ0v) is 12.9. The van der Waals surface area contributed by atoms with E-state index in [9.17, 15) is 4.79 Å². The normalized spacial score (nSPS) is 23.1. The first-order chi connectivity index (χ1) is 10.2. The summed E-state index contributed by atoms with van der Waals surface area (Å²) >= 11 is 0. The van der Waals surface area contributed by atoms with Gasteiger partial charge in [0.15, 0.2) is 5.82 Å². The van der Waals surface area contributed by atoms with Crippen molar-refractivity contribution < 1.29 is 9.32 Å². The van der Waals surface area contributed by atoms with E-state index in [-0.39, 0.29) is 0 Å². The van der Waals surface area contributed by atoms with Crippen LogP contribution in [0.4, 0.5) is 0 Å². The Kier molecular flexibility index (Phi) is 4.56. The summed E-state index contributed by atoms with van der Waals surface area (Å²) in [7, 11) is 0. The second kappa shape index (κ2) is 6.58. The number of amides is 1. The fourth-order valence-electron chi connectivity index (χ4n) is 3.66. The Labute approximate surface area is 126 Å². The maximum absolute atomic E-state index is 12.3. The summed E-state index contributed by atoms with van der Waals surface area (Å²) in [6.45, 7) is 3.67. The SMILES string of the molecule is Cc1nc(CCC2CCN(C(=O)CC3CCCC3)C2)no1. The second-order valence-corrected chi connectivity index (χ2v) is 6.62. The van der Waals surface area contributed by atoms with Gasteiger partial charge in [0.25, 0.3) is 0 Å². The third-order valence-electron chi connectivity index (χ3n) is 4.92. The summed E-state index contributed by atoms with van der Waals surface area (Å²) in [5.74, 6) is 3.04. The fraction of sp³-hybridized carbons (Fsp3) is 0.812. The van der Waals surface area contributed by atoms with E-state index in [1.165, 1.54) is 25.7 Å². The highest BCUT2D eigenvalue weighted by molar-refractivity contribution is 5.76. The maximum Gasteiger partial charge on any atom is 0.223 e. The summed E-state index contributed by atoms with van der Waals surface area (Å²) in [4.78, 5) is 18.6. The summed E-state index contributed by atoms with van der Waals surface area (Å²) in [6, 6.07) is 0. The van der Waals surface area contributed by atoms with E-state index in [2.05, 4.69) is 15.0 Å². The van der Waals surface area contributed by atoms with Gasteiger partial charge >= 0.3 is 0 Å². The topological polar surface area (TPSA) is 59.2 Å². The van der Waals surface area contributed by atoms with Gasteiger partial charge in [-0.3, -0.25) is 4.79 Å². The predicted molar refractivity (Wildman–Crippen MR) is 78.6 cm³/mol. The molecule has 1 atom stereocenters. The lowest BCUT2D eigenvalue weighted by atomic mass is 10.0. The van der Waals surface area contributed by atoms with Gasteiger partial charge in [-0.05, 0) is 37.5 Å². The maximum atomic E-state index is 12.3. The van der Waals surface area contributed by atoms with Crippen LogP contribution < -0.4 is 0 Å². The summed E-state index contributed by atoms with van der Waals surface area (Å²) in [6.07, 6.45) is 8.92. The van der Waals surface area contributed by atoms with Crippen LogP contribution in [-0.2, 0) is 11.2 Å². The van der Waals surface area contributed by atoms with Gasteiger partial charge in [-0.15, -0.1) is 0 Å². The first-order valence-corrected chi connectivity index (χ1v) is 8.27. The van der Waals surface area contributed by atoms with Gasteiger partial charge in [-0.25, -0.2) is 0 Å². The lowest BCUT2D eigenvalue weighted by Gasteiger charge is -2.18. The minimum absolute atomic E-state index is 0.375. The number of aromatic nitrogens is 2. The first-order valence-electron chi connectivity index (χ1n) is 8.27. The van der Waals surface area contributed by atoms with E-state index in [1.54, 1.807) is 0 Å². The summed E-state index contributed by atoms with van der Waals surface area (Å²) < 4.78 is 4.99. The molecule has 5 nitrogen and oxygen atoms in total. The van der Waals surface area contributed by atoms with E-state index in [0.29, 0.717) is 23.6 Å². The Bertz CT molecular complexity index is 480. The molecule has 0 N–H and O–H groups in total. The number of hydrogen-bond acceptors (Lipinski definition) is 4. The van der Waals surface area contributed by atoms with Crippen LogP contribution in [0.3, 0.4) is 0 Å². The number of aryl methyl sites for hydroxylation is 2. The van der Waals surface area contributed by atoms with Crippen molar-refractivity contribution in [2.45, 2.75) is 58.3 Å². The van der Waals surface area contributed by atoms with Crippen molar-refractivity contribution in [1.82, 2.24) is 15.0 Å². The molecule has 2 heterocycles. The van der Waals surface area contributed by atoms with E-state index in [4.69, 9.17) is 4.52 Å². The number of nitrogens with zero attached hydrogens (tertiary/aromatic N) is 3. The van der Waals surface area contributed by atoms with E-state index >= 15 is 0 Å². The predicted octanol–water partition coefficient (Wildman–Crippen LogP) is 2.74. The molecule has 0 spiro atoms. The summed E-state index contributed by atoms with van der Waals surface area (Å²) in [5, 5.41) is 3.93. The molecule has 2 aliphatic rings. The molecule has 2 fully saturated rings. The van der Waals surface area contributed by atoms with Gasteiger partial charge in [-0.2, -0.15) is 4.98 Å². The lowest BCUT2D eigenvalue weighted by molar-refractivity contribution is -0.131. The van der Waals surface area contributed by atoms with Crippen molar-refractivity contribution in [3.8, 4) is 0 Å². The van der Waals surface area contributed by atoms with Gasteiger partial charge in [0.2, 0.25) is 11.8 Å². The fourth-order valence-corrected chi connectivity index (χ4v) is 3.66. The third kappa shape index (κ3) is 3.83. The van der Waals surface area contributed by atoms with Crippen LogP contribution in [0.2, 0.25) is 0 Å². The highest BCUT2D eigenvalue weighted by Crippen LogP contribution is 2.29. The molecule has 1 saturated heterocycles. The number of likely N-dealkylation sites (tertiary alicyclic amines) is 1. The van der Waals surface area contributed by atoms with Crippen molar-refractivity contribution >= 4 is 5.91 Å². The molecule has 1 saturated carbocycles. The van der Waals surface area contributed by atoms with Crippen LogP contribution in [0.25, 0.3) is 0 Å². The van der Waals surface area contributed by atoms with Crippen molar-refractivity contribution in [3.63, 3.8) is 0 Å². The third-order valence-corrected chi connectivity index (χ3v) is 4.92. The van der Waals surface area contributed by atoms with Crippen LogP contribution in [0.5, 0.6) is 0 Å². The van der Waals surface area contributed by atoms with E-state index < -0.39 is 0 Å². The number of hydrogen-bond donors (Lipinski definition) is 0. The Morgan fingerprint density at radius 2 is 2.10 bits per heavy atom. The number of carbonyl (C=O) groups is 1. The van der Waals surface area contributed by atoms with Crippen LogP contribution in [0, 0.1) is 18.8 Å². The molecule has 1 aromatic rings. The highest BCUT2D eigenvalue weighted by Gasteiger charge is 2.28. The molecule has 1 aliphatic carbocycles. The van der Waals surface area contributed by atoms with E-state index in [0.717, 1.165) is 44.6 Å². The monoisotopic (exact) mass is 291 g/mol. The van der Waals surface area contributed by atoms with E-state index in [1.807, 2.05) is 6.92 Å². The molecule has 0 aromatic carbocycles. The average molecular weight is 291 g/mol. The average Bonchev–Trinajstić information content (AvgIpc) is 3.17. The van der Waals surface area contributed by atoms with Crippen molar-refractivity contribution in [3.05, 3.63) is 11.7 Å². The molecule has 21 heavy (non-hydrogen) atoms. The summed E-state index contributed by atoms with van der Waals surface area (Å²) in [5.41, 5.74) is 0. The number of rotatable bonds is 5. The highest BCUT2D eigenvalue weighted by atomic mass is 16.5. The molecular weight excluding hydrogens is 266 g/mol. The molecular formula is C16H25N3O2. The molecule has 0 bridgehead atoms. The molecule has 1 amide bonds. The quantitative estimate of drug-likeness (QED) is 0.837. The lowest BCUT2D eigenvalue weighted by Crippen LogP contribution is -2.30. The second-order valence-electron chi connectivity index (χ2n) is 6.62. The molecule has 3 rings (SSSR count). The van der Waals surface area contributed by atoms with Crippen LogP contribution in [0.15, 0.2) is 4.52 Å². The van der Waals surface area contributed by atoms with Crippen LogP contribution >= 0.6 is 0 Å². The molecule has 0 radical (unpaired) electrons. The molecule has 5 heteroatoms. The van der Waals surface area contributed by atoms with Crippen LogP contribution in [0.1, 0.15) is 56.7 Å². The van der Waals surface area contributed by atoms with Crippen molar-refractivity contribution in [1.29, 1.82) is 0 Å². The Hall–Kier alpha value is -1.39. The van der Waals surface area contributed by atoms with Gasteiger partial charge in [0, 0.05) is 32.9 Å². The minimum atomic E-state index is 0.375. The minimum Gasteiger partial charge on any atom is -0.342 e. The first kappa shape index (κ1) is 14.5. The van der Waals surface area contributed by atoms with Gasteiger partial charge < -0.3 is 9.42 Å². The van der Waals surface area contributed by atoms with Crippen LogP contribution in [-0.4, -0.2) is 34.0 Å². The van der Waals surface area contributed by atoms with Gasteiger partial charge in [-0.1, -0.05) is 18.0 Å². The van der Waals surface area contributed by atoms with Crippen molar-refractivity contribution in [2.75, 3.05) is 13.1 Å². The van der Waals surface area contributed by atoms with Crippen molar-refractivity contribution in [2.24, 2.45) is 11.8 Å². The zero-order chi connectivity index (χ0) is 14.7.